The highest BCUT2D eigenvalue weighted by Crippen LogP contribution is 2.35. The molecule has 208 valence electrons. The van der Waals surface area contributed by atoms with Crippen molar-refractivity contribution in [2.24, 2.45) is 0 Å². The molecule has 0 aliphatic carbocycles. The standard InChI is InChI=1S/C31H37N7O2/c1-22-17-33-28-5-3-24(25-15-23(18-32-19-25)21-37-9-7-36(2)8-10-37)16-27(28)30(22)31(39)35-26-4-6-29(34-20-26)38-11-13-40-14-12-38/h3-6,15-16,18-20,33H,7-14,17,21H2,1-2H3,(H,35,39). The molecule has 3 aliphatic heterocycles. The van der Waals surface area contributed by atoms with E-state index >= 15 is 0 Å². The topological polar surface area (TPSA) is 85.9 Å². The van der Waals surface area contributed by atoms with E-state index < -0.39 is 0 Å². The lowest BCUT2D eigenvalue weighted by molar-refractivity contribution is -0.111. The third kappa shape index (κ3) is 5.86. The molecule has 1 amide bonds. The smallest absolute Gasteiger partial charge is 0.256 e. The van der Waals surface area contributed by atoms with Gasteiger partial charge in [-0.1, -0.05) is 6.07 Å². The van der Waals surface area contributed by atoms with Crippen molar-refractivity contribution in [1.29, 1.82) is 0 Å². The van der Waals surface area contributed by atoms with Gasteiger partial charge < -0.3 is 25.2 Å². The first-order valence-corrected chi connectivity index (χ1v) is 14.1. The number of morpholine rings is 1. The first-order valence-electron chi connectivity index (χ1n) is 14.1. The van der Waals surface area contributed by atoms with E-state index in [1.165, 1.54) is 5.56 Å². The molecule has 2 saturated heterocycles. The maximum absolute atomic E-state index is 13.6. The van der Waals surface area contributed by atoms with E-state index in [1.807, 2.05) is 31.5 Å². The number of pyridine rings is 2. The van der Waals surface area contributed by atoms with Gasteiger partial charge >= 0.3 is 0 Å². The molecule has 0 atom stereocenters. The van der Waals surface area contributed by atoms with Gasteiger partial charge in [0.1, 0.15) is 5.82 Å². The number of fused-ring (bicyclic) bond motifs is 1. The predicted molar refractivity (Wildman–Crippen MR) is 159 cm³/mol. The van der Waals surface area contributed by atoms with Crippen LogP contribution in [-0.2, 0) is 16.1 Å². The minimum atomic E-state index is -0.125. The summed E-state index contributed by atoms with van der Waals surface area (Å²) in [7, 11) is 2.17. The molecule has 9 heteroatoms. The zero-order valence-corrected chi connectivity index (χ0v) is 23.3. The van der Waals surface area contributed by atoms with Crippen molar-refractivity contribution in [2.75, 3.05) is 81.6 Å². The molecule has 6 rings (SSSR count). The van der Waals surface area contributed by atoms with Gasteiger partial charge in [-0.2, -0.15) is 0 Å². The minimum Gasteiger partial charge on any atom is -0.381 e. The molecule has 3 aromatic rings. The Hall–Kier alpha value is -3.79. The second-order valence-corrected chi connectivity index (χ2v) is 10.9. The molecule has 0 radical (unpaired) electrons. The molecular weight excluding hydrogens is 502 g/mol. The molecule has 2 fully saturated rings. The van der Waals surface area contributed by atoms with E-state index in [0.29, 0.717) is 31.0 Å². The summed E-state index contributed by atoms with van der Waals surface area (Å²) in [5.74, 6) is 0.775. The summed E-state index contributed by atoms with van der Waals surface area (Å²) < 4.78 is 5.44. The maximum Gasteiger partial charge on any atom is 0.256 e. The number of benzene rings is 1. The number of amides is 1. The number of carbonyl (C=O) groups excluding carboxylic acids is 1. The summed E-state index contributed by atoms with van der Waals surface area (Å²) in [6.07, 6.45) is 5.60. The van der Waals surface area contributed by atoms with Crippen molar-refractivity contribution < 1.29 is 9.53 Å². The van der Waals surface area contributed by atoms with Crippen LogP contribution in [0.25, 0.3) is 16.7 Å². The van der Waals surface area contributed by atoms with Gasteiger partial charge in [0.25, 0.3) is 5.91 Å². The predicted octanol–water partition coefficient (Wildman–Crippen LogP) is 3.57. The molecule has 2 N–H and O–H groups in total. The zero-order chi connectivity index (χ0) is 27.5. The lowest BCUT2D eigenvalue weighted by Crippen LogP contribution is -2.43. The minimum absolute atomic E-state index is 0.125. The third-order valence-electron chi connectivity index (χ3n) is 7.96. The molecular formula is C31H37N7O2. The first kappa shape index (κ1) is 26.4. The fourth-order valence-corrected chi connectivity index (χ4v) is 5.58. The van der Waals surface area contributed by atoms with Crippen LogP contribution in [0.2, 0.25) is 0 Å². The van der Waals surface area contributed by atoms with E-state index in [9.17, 15) is 4.79 Å². The van der Waals surface area contributed by atoms with E-state index in [2.05, 4.69) is 66.6 Å². The monoisotopic (exact) mass is 539 g/mol. The number of nitrogens with one attached hydrogen (secondary N) is 2. The Morgan fingerprint density at radius 1 is 0.975 bits per heavy atom. The molecule has 5 heterocycles. The summed E-state index contributed by atoms with van der Waals surface area (Å²) in [4.78, 5) is 29.8. The number of carbonyl (C=O) groups is 1. The van der Waals surface area contributed by atoms with Crippen LogP contribution >= 0.6 is 0 Å². The van der Waals surface area contributed by atoms with Crippen LogP contribution in [0, 0.1) is 0 Å². The average Bonchev–Trinajstić information content (AvgIpc) is 2.99. The number of rotatable bonds is 6. The van der Waals surface area contributed by atoms with Crippen LogP contribution < -0.4 is 15.5 Å². The van der Waals surface area contributed by atoms with Crippen molar-refractivity contribution in [3.05, 3.63) is 71.7 Å². The highest BCUT2D eigenvalue weighted by atomic mass is 16.5. The first-order chi connectivity index (χ1) is 19.5. The quantitative estimate of drug-likeness (QED) is 0.492. The molecule has 3 aliphatic rings. The van der Waals surface area contributed by atoms with Gasteiger partial charge in [-0.3, -0.25) is 14.7 Å². The fourth-order valence-electron chi connectivity index (χ4n) is 5.58. The Morgan fingerprint density at radius 3 is 2.58 bits per heavy atom. The number of likely N-dealkylation sites (N-methyl/N-ethyl adjacent to an activating group) is 1. The largest absolute Gasteiger partial charge is 0.381 e. The van der Waals surface area contributed by atoms with Gasteiger partial charge in [-0.25, -0.2) is 4.98 Å². The number of piperazine rings is 1. The Kier molecular flexibility index (Phi) is 7.77. The molecule has 0 saturated carbocycles. The molecule has 0 spiro atoms. The SMILES string of the molecule is CC1=C(C(=O)Nc2ccc(N3CCOCC3)nc2)c2cc(-c3cncc(CN4CCN(C)CC4)c3)ccc2NC1. The van der Waals surface area contributed by atoms with Crippen molar-refractivity contribution in [3.63, 3.8) is 0 Å². The highest BCUT2D eigenvalue weighted by molar-refractivity contribution is 6.27. The normalized spacial score (nSPS) is 18.3. The van der Waals surface area contributed by atoms with Crippen LogP contribution in [-0.4, -0.2) is 91.7 Å². The Bertz CT molecular complexity index is 1390. The van der Waals surface area contributed by atoms with Gasteiger partial charge in [-0.05, 0) is 61.0 Å². The third-order valence-corrected chi connectivity index (χ3v) is 7.96. The van der Waals surface area contributed by atoms with Crippen LogP contribution in [0.1, 0.15) is 18.1 Å². The van der Waals surface area contributed by atoms with Gasteiger partial charge in [0, 0.05) is 87.1 Å². The lowest BCUT2D eigenvalue weighted by atomic mass is 9.91. The number of hydrogen-bond acceptors (Lipinski definition) is 8. The van der Waals surface area contributed by atoms with E-state index in [0.717, 1.165) is 79.6 Å². The average molecular weight is 540 g/mol. The van der Waals surface area contributed by atoms with E-state index in [4.69, 9.17) is 4.74 Å². The maximum atomic E-state index is 13.6. The van der Waals surface area contributed by atoms with Crippen LogP contribution in [0.3, 0.4) is 0 Å². The van der Waals surface area contributed by atoms with Crippen molar-refractivity contribution in [2.45, 2.75) is 13.5 Å². The zero-order valence-electron chi connectivity index (χ0n) is 23.3. The fraction of sp³-hybridized carbons (Fsp3) is 0.387. The molecule has 9 nitrogen and oxygen atoms in total. The molecule has 40 heavy (non-hydrogen) atoms. The lowest BCUT2D eigenvalue weighted by Gasteiger charge is -2.32. The summed E-state index contributed by atoms with van der Waals surface area (Å²) in [5.41, 5.74) is 7.56. The number of anilines is 3. The summed E-state index contributed by atoms with van der Waals surface area (Å²) in [6.45, 7) is 10.9. The van der Waals surface area contributed by atoms with E-state index in [-0.39, 0.29) is 5.91 Å². The Morgan fingerprint density at radius 2 is 1.80 bits per heavy atom. The molecule has 0 bridgehead atoms. The van der Waals surface area contributed by atoms with Crippen molar-refractivity contribution in [3.8, 4) is 11.1 Å². The molecule has 0 unspecified atom stereocenters. The second-order valence-electron chi connectivity index (χ2n) is 10.9. The van der Waals surface area contributed by atoms with Crippen molar-refractivity contribution >= 4 is 28.7 Å². The summed E-state index contributed by atoms with van der Waals surface area (Å²) in [5, 5.41) is 6.54. The van der Waals surface area contributed by atoms with Crippen LogP contribution in [0.15, 0.2) is 60.6 Å². The molecule has 1 aromatic carbocycles. The number of ether oxygens (including phenoxy) is 1. The number of aromatic nitrogens is 2. The Labute approximate surface area is 235 Å². The summed E-state index contributed by atoms with van der Waals surface area (Å²) in [6, 6.07) is 12.4. The molecule has 2 aromatic heterocycles. The highest BCUT2D eigenvalue weighted by Gasteiger charge is 2.24. The van der Waals surface area contributed by atoms with Crippen molar-refractivity contribution in [1.82, 2.24) is 19.8 Å². The van der Waals surface area contributed by atoms with Gasteiger partial charge in [0.05, 0.1) is 25.1 Å². The van der Waals surface area contributed by atoms with Crippen LogP contribution in [0.4, 0.5) is 17.2 Å². The van der Waals surface area contributed by atoms with Gasteiger partial charge in [0.15, 0.2) is 0 Å². The van der Waals surface area contributed by atoms with Gasteiger partial charge in [-0.15, -0.1) is 0 Å². The summed E-state index contributed by atoms with van der Waals surface area (Å²) >= 11 is 0. The number of nitrogens with zero attached hydrogens (tertiary/aromatic N) is 5. The van der Waals surface area contributed by atoms with E-state index in [1.54, 1.807) is 6.20 Å². The Balaban J connectivity index is 1.20. The van der Waals surface area contributed by atoms with Crippen LogP contribution in [0.5, 0.6) is 0 Å². The second kappa shape index (κ2) is 11.8. The number of hydrogen-bond donors (Lipinski definition) is 2. The van der Waals surface area contributed by atoms with Gasteiger partial charge in [0.2, 0.25) is 0 Å².